The second kappa shape index (κ2) is 7.21. The normalized spacial score (nSPS) is 16.2. The second-order valence-corrected chi connectivity index (χ2v) is 6.70. The summed E-state index contributed by atoms with van der Waals surface area (Å²) in [6.07, 6.45) is 0. The van der Waals surface area contributed by atoms with Gasteiger partial charge in [-0.15, -0.1) is 0 Å². The standard InChI is InChI=1S/C18H21FN4S/c1-4-23-12(2)9-16(13(23)3)17-11-24-18(22-21-17)20-10-14-5-7-15(19)8-6-14/h5-9H,4,10-11H2,1-3H3,(H,20,22). The predicted octanol–water partition coefficient (Wildman–Crippen LogP) is 3.86. The van der Waals surface area contributed by atoms with Gasteiger partial charge in [-0.25, -0.2) is 4.39 Å². The van der Waals surface area contributed by atoms with Crippen LogP contribution >= 0.6 is 11.8 Å². The van der Waals surface area contributed by atoms with Crippen LogP contribution < -0.4 is 5.43 Å². The summed E-state index contributed by atoms with van der Waals surface area (Å²) in [4.78, 5) is 4.51. The number of aliphatic imine (C=N–C) groups is 1. The van der Waals surface area contributed by atoms with Gasteiger partial charge in [0, 0.05) is 29.2 Å². The molecule has 2 aromatic rings. The Hall–Kier alpha value is -2.08. The van der Waals surface area contributed by atoms with E-state index in [9.17, 15) is 4.39 Å². The Morgan fingerprint density at radius 2 is 2.04 bits per heavy atom. The van der Waals surface area contributed by atoms with Gasteiger partial charge in [0.25, 0.3) is 0 Å². The Morgan fingerprint density at radius 3 is 2.62 bits per heavy atom. The van der Waals surface area contributed by atoms with Gasteiger partial charge in [0.2, 0.25) is 0 Å². The zero-order valence-corrected chi connectivity index (χ0v) is 15.0. The molecule has 4 nitrogen and oxygen atoms in total. The molecule has 0 fully saturated rings. The highest BCUT2D eigenvalue weighted by Gasteiger charge is 2.17. The maximum atomic E-state index is 12.9. The summed E-state index contributed by atoms with van der Waals surface area (Å²) in [5.41, 5.74) is 8.78. The molecule has 0 saturated carbocycles. The maximum absolute atomic E-state index is 12.9. The molecule has 1 aromatic carbocycles. The first-order valence-corrected chi connectivity index (χ1v) is 8.98. The van der Waals surface area contributed by atoms with Gasteiger partial charge in [-0.2, -0.15) is 5.10 Å². The number of halogens is 1. The molecule has 3 rings (SSSR count). The lowest BCUT2D eigenvalue weighted by molar-refractivity contribution is 0.627. The van der Waals surface area contributed by atoms with E-state index < -0.39 is 0 Å². The van der Waals surface area contributed by atoms with Gasteiger partial charge < -0.3 is 4.57 Å². The van der Waals surface area contributed by atoms with E-state index in [2.05, 4.69) is 46.9 Å². The van der Waals surface area contributed by atoms with Crippen molar-refractivity contribution in [3.8, 4) is 0 Å². The molecule has 1 aliphatic heterocycles. The number of hydrazone groups is 1. The Labute approximate surface area is 145 Å². The summed E-state index contributed by atoms with van der Waals surface area (Å²) in [6.45, 7) is 7.90. The highest BCUT2D eigenvalue weighted by atomic mass is 32.2. The molecule has 0 amide bonds. The molecule has 1 N–H and O–H groups in total. The van der Waals surface area contributed by atoms with Gasteiger partial charge in [0.1, 0.15) is 5.82 Å². The molecule has 6 heteroatoms. The largest absolute Gasteiger partial charge is 0.349 e. The fourth-order valence-electron chi connectivity index (χ4n) is 2.87. The first kappa shape index (κ1) is 16.8. The van der Waals surface area contributed by atoms with Crippen LogP contribution in [-0.2, 0) is 13.1 Å². The molecule has 1 aromatic heterocycles. The van der Waals surface area contributed by atoms with E-state index in [0.29, 0.717) is 6.54 Å². The van der Waals surface area contributed by atoms with Crippen LogP contribution in [0.1, 0.15) is 29.4 Å². The van der Waals surface area contributed by atoms with E-state index >= 15 is 0 Å². The van der Waals surface area contributed by atoms with Crippen LogP contribution in [0.5, 0.6) is 0 Å². The first-order valence-electron chi connectivity index (χ1n) is 8.00. The molecule has 0 bridgehead atoms. The van der Waals surface area contributed by atoms with Crippen molar-refractivity contribution in [2.45, 2.75) is 33.9 Å². The minimum atomic E-state index is -0.226. The summed E-state index contributed by atoms with van der Waals surface area (Å²) in [5.74, 6) is 0.569. The smallest absolute Gasteiger partial charge is 0.177 e. The predicted molar refractivity (Wildman–Crippen MR) is 99.2 cm³/mol. The third-order valence-corrected chi connectivity index (χ3v) is 5.06. The Balaban J connectivity index is 1.69. The molecule has 24 heavy (non-hydrogen) atoms. The third kappa shape index (κ3) is 3.53. The highest BCUT2D eigenvalue weighted by Crippen LogP contribution is 2.20. The molecule has 0 radical (unpaired) electrons. The zero-order chi connectivity index (χ0) is 17.1. The lowest BCUT2D eigenvalue weighted by Crippen LogP contribution is -2.25. The molecule has 1 aliphatic rings. The van der Waals surface area contributed by atoms with Crippen molar-refractivity contribution < 1.29 is 4.39 Å². The summed E-state index contributed by atoms with van der Waals surface area (Å²) in [5, 5.41) is 5.30. The number of amidine groups is 1. The number of benzene rings is 1. The van der Waals surface area contributed by atoms with Crippen molar-refractivity contribution in [1.82, 2.24) is 9.99 Å². The van der Waals surface area contributed by atoms with Crippen molar-refractivity contribution in [3.63, 3.8) is 0 Å². The van der Waals surface area contributed by atoms with E-state index in [0.717, 1.165) is 28.7 Å². The molecule has 126 valence electrons. The highest BCUT2D eigenvalue weighted by molar-refractivity contribution is 8.14. The average Bonchev–Trinajstić information content (AvgIpc) is 2.89. The summed E-state index contributed by atoms with van der Waals surface area (Å²) in [6, 6.07) is 8.61. The number of aryl methyl sites for hydroxylation is 1. The minimum Gasteiger partial charge on any atom is -0.349 e. The monoisotopic (exact) mass is 344 g/mol. The quantitative estimate of drug-likeness (QED) is 0.915. The summed E-state index contributed by atoms with van der Waals surface area (Å²) in [7, 11) is 0. The Morgan fingerprint density at radius 1 is 1.29 bits per heavy atom. The van der Waals surface area contributed by atoms with Crippen LogP contribution in [0.15, 0.2) is 40.4 Å². The SMILES string of the molecule is CCn1c(C)cc(C2=NNC(=NCc3ccc(F)cc3)SC2)c1C. The van der Waals surface area contributed by atoms with Gasteiger partial charge in [-0.05, 0) is 44.5 Å². The first-order chi connectivity index (χ1) is 11.6. The van der Waals surface area contributed by atoms with Gasteiger partial charge in [0.15, 0.2) is 5.17 Å². The number of hydrogen-bond acceptors (Lipinski definition) is 3. The summed E-state index contributed by atoms with van der Waals surface area (Å²) >= 11 is 1.64. The molecule has 2 heterocycles. The van der Waals surface area contributed by atoms with Crippen molar-refractivity contribution >= 4 is 22.6 Å². The second-order valence-electron chi connectivity index (χ2n) is 5.74. The van der Waals surface area contributed by atoms with Crippen molar-refractivity contribution in [2.24, 2.45) is 10.1 Å². The van der Waals surface area contributed by atoms with Crippen molar-refractivity contribution in [3.05, 3.63) is 58.7 Å². The van der Waals surface area contributed by atoms with Crippen molar-refractivity contribution in [2.75, 3.05) is 5.75 Å². The fourth-order valence-corrected chi connectivity index (χ4v) is 3.63. The molecular formula is C18H21FN4S. The lowest BCUT2D eigenvalue weighted by Gasteiger charge is -2.15. The number of nitrogens with one attached hydrogen (secondary N) is 1. The van der Waals surface area contributed by atoms with Crippen molar-refractivity contribution in [1.29, 1.82) is 0 Å². The van der Waals surface area contributed by atoms with Crippen LogP contribution in [-0.4, -0.2) is 21.2 Å². The minimum absolute atomic E-state index is 0.226. The van der Waals surface area contributed by atoms with Gasteiger partial charge in [0.05, 0.1) is 12.3 Å². The van der Waals surface area contributed by atoms with Crippen LogP contribution in [0, 0.1) is 19.7 Å². The van der Waals surface area contributed by atoms with Crippen LogP contribution in [0.3, 0.4) is 0 Å². The molecule has 0 aliphatic carbocycles. The molecule has 0 atom stereocenters. The Bertz CT molecular complexity index is 790. The van der Waals surface area contributed by atoms with Gasteiger partial charge in [-0.3, -0.25) is 10.4 Å². The fraction of sp³-hybridized carbons (Fsp3) is 0.333. The molecule has 0 unspecified atom stereocenters. The number of aromatic nitrogens is 1. The summed E-state index contributed by atoms with van der Waals surface area (Å²) < 4.78 is 15.2. The van der Waals surface area contributed by atoms with Gasteiger partial charge >= 0.3 is 0 Å². The lowest BCUT2D eigenvalue weighted by atomic mass is 10.1. The van der Waals surface area contributed by atoms with Crippen LogP contribution in [0.2, 0.25) is 0 Å². The van der Waals surface area contributed by atoms with E-state index in [1.54, 1.807) is 23.9 Å². The average molecular weight is 344 g/mol. The van der Waals surface area contributed by atoms with Crippen LogP contribution in [0.4, 0.5) is 4.39 Å². The molecule has 0 saturated heterocycles. The molecular weight excluding hydrogens is 323 g/mol. The number of rotatable bonds is 4. The molecule has 0 spiro atoms. The van der Waals surface area contributed by atoms with E-state index in [1.807, 2.05) is 0 Å². The number of nitrogens with zero attached hydrogens (tertiary/aromatic N) is 3. The van der Waals surface area contributed by atoms with Crippen LogP contribution in [0.25, 0.3) is 0 Å². The topological polar surface area (TPSA) is 41.7 Å². The third-order valence-electron chi connectivity index (χ3n) is 4.15. The van der Waals surface area contributed by atoms with E-state index in [-0.39, 0.29) is 5.82 Å². The van der Waals surface area contributed by atoms with E-state index in [4.69, 9.17) is 0 Å². The van der Waals surface area contributed by atoms with Gasteiger partial charge in [-0.1, -0.05) is 23.9 Å². The number of thioether (sulfide) groups is 1. The van der Waals surface area contributed by atoms with E-state index in [1.165, 1.54) is 29.1 Å². The Kier molecular flexibility index (Phi) is 5.04. The number of hydrogen-bond donors (Lipinski definition) is 1. The maximum Gasteiger partial charge on any atom is 0.177 e. The zero-order valence-electron chi connectivity index (χ0n) is 14.1.